The molecule has 0 bridgehead atoms. The predicted molar refractivity (Wildman–Crippen MR) is 99.9 cm³/mol. The summed E-state index contributed by atoms with van der Waals surface area (Å²) in [6.45, 7) is 2.53. The van der Waals surface area contributed by atoms with Gasteiger partial charge in [-0.05, 0) is 24.2 Å². The number of hydrogen-bond donors (Lipinski definition) is 1. The number of hydrogen-bond acceptors (Lipinski definition) is 7. The van der Waals surface area contributed by atoms with Crippen molar-refractivity contribution in [2.24, 2.45) is 12.0 Å². The van der Waals surface area contributed by atoms with Crippen molar-refractivity contribution >= 4 is 28.9 Å². The van der Waals surface area contributed by atoms with E-state index in [1.165, 1.54) is 16.7 Å². The van der Waals surface area contributed by atoms with Crippen LogP contribution in [0.1, 0.15) is 11.1 Å². The number of aromatic nitrogens is 3. The van der Waals surface area contributed by atoms with Crippen LogP contribution in [0, 0.1) is 6.92 Å². The van der Waals surface area contributed by atoms with Crippen LogP contribution in [0.4, 0.5) is 4.79 Å². The summed E-state index contributed by atoms with van der Waals surface area (Å²) in [6, 6.07) is 7.09. The van der Waals surface area contributed by atoms with Crippen LogP contribution in [0.3, 0.4) is 0 Å². The molecule has 4 rings (SSSR count). The zero-order chi connectivity index (χ0) is 19.1. The molecule has 2 atom stereocenters. The van der Waals surface area contributed by atoms with Gasteiger partial charge in [-0.1, -0.05) is 29.8 Å². The first kappa shape index (κ1) is 17.5. The predicted octanol–water partition coefficient (Wildman–Crippen LogP) is 0.964. The van der Waals surface area contributed by atoms with Crippen LogP contribution in [0.25, 0.3) is 0 Å². The molecule has 1 fully saturated rings. The van der Waals surface area contributed by atoms with Gasteiger partial charge in [0.15, 0.2) is 22.5 Å². The average molecular weight is 385 g/mol. The normalized spacial score (nSPS) is 22.0. The molecule has 27 heavy (non-hydrogen) atoms. The first-order valence-electron chi connectivity index (χ1n) is 8.43. The lowest BCUT2D eigenvalue weighted by molar-refractivity contribution is -0.127. The van der Waals surface area contributed by atoms with Crippen molar-refractivity contribution in [3.05, 3.63) is 41.7 Å². The number of nitrogens with zero attached hydrogens (tertiary/aromatic N) is 6. The number of fused-ring (bicyclic) bond motifs is 1. The largest absolute Gasteiger partial charge is 0.331 e. The van der Waals surface area contributed by atoms with Crippen molar-refractivity contribution in [3.8, 4) is 0 Å². The zero-order valence-electron chi connectivity index (χ0n) is 15.2. The Labute approximate surface area is 160 Å². The molecule has 1 N–H and O–H groups in total. The van der Waals surface area contributed by atoms with Crippen molar-refractivity contribution in [1.82, 2.24) is 29.9 Å². The molecule has 0 saturated carbocycles. The van der Waals surface area contributed by atoms with E-state index in [0.29, 0.717) is 16.9 Å². The van der Waals surface area contributed by atoms with Crippen LogP contribution >= 0.6 is 11.8 Å². The summed E-state index contributed by atoms with van der Waals surface area (Å²) in [7, 11) is 3.49. The molecule has 3 amide bonds. The van der Waals surface area contributed by atoms with E-state index in [4.69, 9.17) is 0 Å². The molecule has 2 aromatic rings. The third kappa shape index (κ3) is 3.16. The maximum absolute atomic E-state index is 12.6. The number of imide groups is 1. The van der Waals surface area contributed by atoms with E-state index >= 15 is 0 Å². The first-order valence-corrected chi connectivity index (χ1v) is 9.25. The van der Waals surface area contributed by atoms with Gasteiger partial charge in [0.2, 0.25) is 0 Å². The van der Waals surface area contributed by atoms with Crippen LogP contribution in [0.15, 0.2) is 40.7 Å². The topological polar surface area (TPSA) is 95.7 Å². The molecular weight excluding hydrogens is 366 g/mol. The monoisotopic (exact) mass is 385 g/mol. The number of nitrogens with one attached hydrogen (secondary N) is 1. The number of aryl methyl sites for hydroxylation is 2. The number of benzene rings is 1. The molecule has 1 aromatic carbocycles. The number of carbonyl (C=O) groups excluding carboxylic acids is 2. The Bertz CT molecular complexity index is 941. The third-order valence-corrected chi connectivity index (χ3v) is 5.69. The number of thioether (sulfide) groups is 1. The van der Waals surface area contributed by atoms with E-state index in [2.05, 4.69) is 26.6 Å². The van der Waals surface area contributed by atoms with Crippen molar-refractivity contribution in [2.75, 3.05) is 7.05 Å². The summed E-state index contributed by atoms with van der Waals surface area (Å²) in [4.78, 5) is 32.7. The van der Waals surface area contributed by atoms with Crippen LogP contribution in [0.2, 0.25) is 0 Å². The lowest BCUT2D eigenvalue weighted by atomic mass is 10.1. The maximum Gasteiger partial charge on any atom is 0.325 e. The summed E-state index contributed by atoms with van der Waals surface area (Å²) in [5.74, 6) is -0.340. The Morgan fingerprint density at radius 2 is 2.07 bits per heavy atom. The molecule has 9 nitrogen and oxygen atoms in total. The highest BCUT2D eigenvalue weighted by Crippen LogP contribution is 2.32. The van der Waals surface area contributed by atoms with E-state index < -0.39 is 18.2 Å². The molecule has 0 radical (unpaired) electrons. The summed E-state index contributed by atoms with van der Waals surface area (Å²) in [6.07, 6.45) is 1.05. The Hall–Kier alpha value is -2.88. The number of likely N-dealkylation sites (N-methyl/N-ethyl adjacent to an activating group) is 1. The average Bonchev–Trinajstić information content (AvgIpc) is 3.18. The number of carbonyl (C=O) groups is 2. The lowest BCUT2D eigenvalue weighted by Crippen LogP contribution is -2.63. The Morgan fingerprint density at radius 1 is 1.26 bits per heavy atom. The van der Waals surface area contributed by atoms with Gasteiger partial charge in [-0.2, -0.15) is 0 Å². The fourth-order valence-corrected chi connectivity index (χ4v) is 4.10. The number of rotatable bonds is 3. The number of aliphatic imine (C=N–C) groups is 1. The van der Waals surface area contributed by atoms with Gasteiger partial charge >= 0.3 is 6.03 Å². The summed E-state index contributed by atoms with van der Waals surface area (Å²) >= 11 is 1.33. The molecule has 0 spiro atoms. The van der Waals surface area contributed by atoms with Gasteiger partial charge < -0.3 is 14.4 Å². The second-order valence-electron chi connectivity index (χ2n) is 6.62. The van der Waals surface area contributed by atoms with Crippen molar-refractivity contribution < 1.29 is 9.59 Å². The van der Waals surface area contributed by atoms with Gasteiger partial charge in [0.25, 0.3) is 5.91 Å². The van der Waals surface area contributed by atoms with Crippen molar-refractivity contribution in [3.63, 3.8) is 0 Å². The second kappa shape index (κ2) is 6.69. The number of urea groups is 1. The molecule has 140 valence electrons. The van der Waals surface area contributed by atoms with E-state index in [9.17, 15) is 9.59 Å². The first-order chi connectivity index (χ1) is 12.9. The van der Waals surface area contributed by atoms with Gasteiger partial charge in [-0.15, -0.1) is 10.2 Å². The van der Waals surface area contributed by atoms with Crippen LogP contribution in [-0.2, 0) is 18.4 Å². The highest BCUT2D eigenvalue weighted by molar-refractivity contribution is 8.13. The Kier molecular flexibility index (Phi) is 4.34. The fourth-order valence-electron chi connectivity index (χ4n) is 3.21. The summed E-state index contributed by atoms with van der Waals surface area (Å²) < 4.78 is 1.79. The van der Waals surface area contributed by atoms with E-state index in [1.54, 1.807) is 17.9 Å². The van der Waals surface area contributed by atoms with Gasteiger partial charge in [0.05, 0.1) is 0 Å². The molecule has 2 aliphatic rings. The van der Waals surface area contributed by atoms with Crippen molar-refractivity contribution in [2.45, 2.75) is 30.8 Å². The quantitative estimate of drug-likeness (QED) is 0.846. The molecule has 1 aromatic heterocycles. The molecular formula is C17H19N7O2S. The minimum Gasteiger partial charge on any atom is -0.331 e. The minimum atomic E-state index is -0.580. The third-order valence-electron chi connectivity index (χ3n) is 4.61. The number of amides is 3. The van der Waals surface area contributed by atoms with Crippen LogP contribution in [-0.4, -0.2) is 60.9 Å². The number of amidine groups is 1. The van der Waals surface area contributed by atoms with E-state index in [0.717, 1.165) is 11.1 Å². The second-order valence-corrected chi connectivity index (χ2v) is 7.55. The zero-order valence-corrected chi connectivity index (χ0v) is 16.0. The molecule has 0 aliphatic carbocycles. The Morgan fingerprint density at radius 3 is 2.78 bits per heavy atom. The fraction of sp³-hybridized carbons (Fsp3) is 0.353. The van der Waals surface area contributed by atoms with Gasteiger partial charge in [0, 0.05) is 20.6 Å². The molecule has 2 unspecified atom stereocenters. The summed E-state index contributed by atoms with van der Waals surface area (Å²) in [5.41, 5.74) is 2.21. The standard InChI is InChI=1S/C17H19N7O2S/c1-10-5-4-6-11(7-10)8-24-12-13(23(3)15(26)20-14(12)25)19-16(24)27-17-21-18-9-22(17)2/h4-7,9,12-13H,8H2,1-3H3,(H,20,25,26). The highest BCUT2D eigenvalue weighted by Gasteiger charge is 2.48. The lowest BCUT2D eigenvalue weighted by Gasteiger charge is -2.36. The molecule has 2 aliphatic heterocycles. The maximum atomic E-state index is 12.6. The van der Waals surface area contributed by atoms with Crippen LogP contribution < -0.4 is 5.32 Å². The summed E-state index contributed by atoms with van der Waals surface area (Å²) in [5, 5.41) is 11.7. The van der Waals surface area contributed by atoms with E-state index in [-0.39, 0.29) is 5.91 Å². The molecule has 10 heteroatoms. The van der Waals surface area contributed by atoms with Crippen molar-refractivity contribution in [1.29, 1.82) is 0 Å². The van der Waals surface area contributed by atoms with Gasteiger partial charge in [0.1, 0.15) is 6.33 Å². The van der Waals surface area contributed by atoms with Gasteiger partial charge in [-0.25, -0.2) is 9.79 Å². The molecule has 3 heterocycles. The van der Waals surface area contributed by atoms with Crippen LogP contribution in [0.5, 0.6) is 0 Å². The van der Waals surface area contributed by atoms with Gasteiger partial charge in [-0.3, -0.25) is 10.1 Å². The Balaban J connectivity index is 1.69. The van der Waals surface area contributed by atoms with E-state index in [1.807, 2.05) is 37.1 Å². The minimum absolute atomic E-state index is 0.340. The smallest absolute Gasteiger partial charge is 0.325 e. The molecule has 1 saturated heterocycles. The SMILES string of the molecule is Cc1cccc(CN2C(Sc3nncn3C)=NC3C2C(=O)NC(=O)N3C)c1. The highest BCUT2D eigenvalue weighted by atomic mass is 32.2.